The van der Waals surface area contributed by atoms with Gasteiger partial charge in [0.15, 0.2) is 5.78 Å². The number of aliphatic imine (C=N–C) groups is 2. The number of hydrogen-bond acceptors (Lipinski definition) is 6. The van der Waals surface area contributed by atoms with Crippen molar-refractivity contribution in [2.45, 2.75) is 58.5 Å². The number of ether oxygens (including phenoxy) is 1. The average Bonchev–Trinajstić information content (AvgIpc) is 3.86. The van der Waals surface area contributed by atoms with Crippen LogP contribution >= 0.6 is 0 Å². The molecule has 7 nitrogen and oxygen atoms in total. The van der Waals surface area contributed by atoms with E-state index in [1.165, 1.54) is 5.56 Å². The van der Waals surface area contributed by atoms with Gasteiger partial charge in [0.25, 0.3) is 0 Å². The van der Waals surface area contributed by atoms with E-state index in [2.05, 4.69) is 85.4 Å². The summed E-state index contributed by atoms with van der Waals surface area (Å²) in [6, 6.07) is 20.4. The van der Waals surface area contributed by atoms with E-state index in [1.807, 2.05) is 62.4 Å². The van der Waals surface area contributed by atoms with Crippen LogP contribution in [0.15, 0.2) is 112 Å². The molecule has 2 N–H and O–H groups in total. The van der Waals surface area contributed by atoms with Crippen molar-refractivity contribution in [1.82, 2.24) is 10.3 Å². The number of allylic oxidation sites excluding steroid dienone is 5. The molecule has 2 atom stereocenters. The van der Waals surface area contributed by atoms with Crippen molar-refractivity contribution in [2.24, 2.45) is 15.4 Å². The van der Waals surface area contributed by atoms with Crippen molar-refractivity contribution >= 4 is 48.5 Å². The van der Waals surface area contributed by atoms with Crippen LogP contribution in [0.3, 0.4) is 0 Å². The lowest BCUT2D eigenvalue weighted by Gasteiger charge is -2.21. The number of hydrogen-bond donors (Lipinski definition) is 2. The number of benzene rings is 2. The van der Waals surface area contributed by atoms with E-state index in [-0.39, 0.29) is 17.8 Å². The van der Waals surface area contributed by atoms with Crippen LogP contribution in [0.1, 0.15) is 40.9 Å². The zero-order valence-corrected chi connectivity index (χ0v) is 29.9. The number of H-pyrrole nitrogens is 1. The fraction of sp³-hybridized carbons (Fsp3) is 0.268. The van der Waals surface area contributed by atoms with E-state index in [0.717, 1.165) is 56.1 Å². The zero-order valence-electron chi connectivity index (χ0n) is 28.9. The Morgan fingerprint density at radius 3 is 2.24 bits per heavy atom. The summed E-state index contributed by atoms with van der Waals surface area (Å²) in [5.74, 6) is -0.195. The molecule has 0 radical (unpaired) electrons. The number of Topliss-reactive ketones (excluding diaryl/α,β-unsaturated/α-hetero) is 1. The second-order valence-corrected chi connectivity index (χ2v) is 20.6. The molecule has 0 amide bonds. The summed E-state index contributed by atoms with van der Waals surface area (Å²) in [6.07, 6.45) is 12.0. The van der Waals surface area contributed by atoms with Crippen LogP contribution in [0.2, 0.25) is 25.7 Å². The van der Waals surface area contributed by atoms with Gasteiger partial charge in [0, 0.05) is 41.4 Å². The van der Waals surface area contributed by atoms with Gasteiger partial charge in [0.05, 0.1) is 41.0 Å². The Kier molecular flexibility index (Phi) is 8.33. The van der Waals surface area contributed by atoms with Gasteiger partial charge in [-0.2, -0.15) is 0 Å². The summed E-state index contributed by atoms with van der Waals surface area (Å²) in [7, 11) is -1.32. The SMILES string of the molecule is Cc1ccc(C2=c3ccc([nH]3)=CC3NC(C=C4C=CC(=N4)C(c4ccc(C(=O)OCC[Si](C)(C)C)cc4)=C4C=CC2=N4)C(=O)C3(C)C)cc1. The molecular formula is C41H42N4O3Si. The van der Waals surface area contributed by atoms with Gasteiger partial charge < -0.3 is 9.72 Å². The largest absolute Gasteiger partial charge is 0.462 e. The third-order valence-corrected chi connectivity index (χ3v) is 11.3. The van der Waals surface area contributed by atoms with Gasteiger partial charge in [-0.25, -0.2) is 14.8 Å². The Morgan fingerprint density at radius 1 is 0.837 bits per heavy atom. The lowest BCUT2D eigenvalue weighted by molar-refractivity contribution is -0.124. The molecule has 0 spiro atoms. The number of fused-ring (bicyclic) bond motifs is 6. The van der Waals surface area contributed by atoms with Crippen molar-refractivity contribution in [1.29, 1.82) is 0 Å². The molecule has 2 unspecified atom stereocenters. The second-order valence-electron chi connectivity index (χ2n) is 15.0. The van der Waals surface area contributed by atoms with Crippen LogP contribution in [-0.4, -0.2) is 54.9 Å². The van der Waals surface area contributed by atoms with Crippen LogP contribution in [0.25, 0.3) is 17.2 Å². The molecule has 0 saturated carbocycles. The van der Waals surface area contributed by atoms with E-state index >= 15 is 0 Å². The predicted molar refractivity (Wildman–Crippen MR) is 201 cm³/mol. The van der Waals surface area contributed by atoms with E-state index in [1.54, 1.807) is 0 Å². The monoisotopic (exact) mass is 666 g/mol. The van der Waals surface area contributed by atoms with E-state index < -0.39 is 19.5 Å². The van der Waals surface area contributed by atoms with E-state index in [0.29, 0.717) is 17.9 Å². The van der Waals surface area contributed by atoms with Gasteiger partial charge in [0.2, 0.25) is 0 Å². The highest BCUT2D eigenvalue weighted by Gasteiger charge is 2.46. The highest BCUT2D eigenvalue weighted by molar-refractivity contribution is 6.76. The van der Waals surface area contributed by atoms with E-state index in [9.17, 15) is 9.59 Å². The number of ketones is 1. The Morgan fingerprint density at radius 2 is 1.51 bits per heavy atom. The maximum Gasteiger partial charge on any atom is 0.338 e. The predicted octanol–water partition coefficient (Wildman–Crippen LogP) is 6.06. The van der Waals surface area contributed by atoms with Crippen LogP contribution in [0, 0.1) is 12.3 Å². The van der Waals surface area contributed by atoms with Gasteiger partial charge >= 0.3 is 5.97 Å². The zero-order chi connectivity index (χ0) is 34.5. The first-order chi connectivity index (χ1) is 23.4. The van der Waals surface area contributed by atoms with Crippen molar-refractivity contribution in [3.8, 4) is 0 Å². The maximum atomic E-state index is 13.7. The molecule has 1 fully saturated rings. The Hall–Kier alpha value is -4.92. The highest BCUT2D eigenvalue weighted by atomic mass is 28.3. The number of rotatable bonds is 6. The first kappa shape index (κ1) is 32.6. The number of nitrogens with zero attached hydrogens (tertiary/aromatic N) is 2. The molecule has 49 heavy (non-hydrogen) atoms. The summed E-state index contributed by atoms with van der Waals surface area (Å²) < 4.78 is 5.61. The Labute approximate surface area is 288 Å². The van der Waals surface area contributed by atoms with Gasteiger partial charge in [-0.05, 0) is 84.8 Å². The van der Waals surface area contributed by atoms with Crippen molar-refractivity contribution < 1.29 is 14.3 Å². The summed E-state index contributed by atoms with van der Waals surface area (Å²) >= 11 is 0. The van der Waals surface area contributed by atoms with Crippen molar-refractivity contribution in [3.63, 3.8) is 0 Å². The third kappa shape index (κ3) is 6.58. The number of aryl methyl sites for hydroxylation is 1. The molecule has 248 valence electrons. The minimum absolute atomic E-state index is 0.125. The molecular weight excluding hydrogens is 625 g/mol. The average molecular weight is 667 g/mol. The number of carbonyl (C=O) groups excluding carboxylic acids is 2. The lowest BCUT2D eigenvalue weighted by Crippen LogP contribution is -2.34. The summed E-state index contributed by atoms with van der Waals surface area (Å²) in [6.45, 7) is 13.3. The third-order valence-electron chi connectivity index (χ3n) is 9.62. The van der Waals surface area contributed by atoms with Crippen LogP contribution in [0.5, 0.6) is 0 Å². The summed E-state index contributed by atoms with van der Waals surface area (Å²) in [5.41, 5.74) is 7.84. The molecule has 3 aromatic rings. The maximum absolute atomic E-state index is 13.7. The molecule has 0 aliphatic carbocycles. The molecule has 5 heterocycles. The Balaban J connectivity index is 1.38. The van der Waals surface area contributed by atoms with Crippen LogP contribution < -0.4 is 16.0 Å². The first-order valence-electron chi connectivity index (χ1n) is 16.9. The minimum Gasteiger partial charge on any atom is -0.462 e. The molecule has 1 aromatic heterocycles. The number of esters is 1. The quantitative estimate of drug-likeness (QED) is 0.247. The summed E-state index contributed by atoms with van der Waals surface area (Å²) in [4.78, 5) is 40.4. The molecule has 8 heteroatoms. The van der Waals surface area contributed by atoms with Gasteiger partial charge in [-0.15, -0.1) is 0 Å². The normalized spacial score (nSPS) is 21.1. The molecule has 2 aromatic carbocycles. The number of aromatic amines is 1. The van der Waals surface area contributed by atoms with Crippen molar-refractivity contribution in [2.75, 3.05) is 6.61 Å². The molecule has 4 aliphatic heterocycles. The molecule has 1 saturated heterocycles. The highest BCUT2D eigenvalue weighted by Crippen LogP contribution is 2.34. The molecule has 4 aliphatic rings. The standard InChI is InChI=1S/C41H42N4O3Si/c1-25-7-9-26(10-8-25)37-32-18-16-30(43-32)24-36-41(2,3)39(46)35(45-36)23-29-15-17-31(42-29)38(34-20-19-33(37)44-34)27-11-13-28(14-12-27)40(47)48-21-22-49(4,5)6/h7-20,23-24,35-36,43,45H,21-22H2,1-6H3. The fourth-order valence-electron chi connectivity index (χ4n) is 6.56. The number of aromatic nitrogens is 1. The summed E-state index contributed by atoms with van der Waals surface area (Å²) in [5, 5.41) is 5.42. The number of nitrogens with one attached hydrogen (secondary N) is 2. The minimum atomic E-state index is -1.32. The van der Waals surface area contributed by atoms with Gasteiger partial charge in [-0.1, -0.05) is 75.5 Å². The van der Waals surface area contributed by atoms with Crippen molar-refractivity contribution in [3.05, 3.63) is 135 Å². The fourth-order valence-corrected chi connectivity index (χ4v) is 7.28. The van der Waals surface area contributed by atoms with E-state index in [4.69, 9.17) is 14.7 Å². The Bertz CT molecular complexity index is 2170. The van der Waals surface area contributed by atoms with Crippen LogP contribution in [-0.2, 0) is 9.53 Å². The second kappa shape index (κ2) is 12.5. The lowest BCUT2D eigenvalue weighted by atomic mass is 9.82. The number of carbonyl (C=O) groups is 2. The first-order valence-corrected chi connectivity index (χ1v) is 20.6. The van der Waals surface area contributed by atoms with Crippen LogP contribution in [0.4, 0.5) is 0 Å². The van der Waals surface area contributed by atoms with Gasteiger partial charge in [0.1, 0.15) is 0 Å². The molecule has 8 bridgehead atoms. The smallest absolute Gasteiger partial charge is 0.338 e. The topological polar surface area (TPSA) is 95.9 Å². The molecule has 7 rings (SSSR count). The van der Waals surface area contributed by atoms with Gasteiger partial charge in [-0.3, -0.25) is 10.1 Å².